The van der Waals surface area contributed by atoms with Gasteiger partial charge in [0.1, 0.15) is 18.2 Å². The number of thiazole rings is 1. The number of carbonyl (C=O) groups excluding carboxylic acids is 1. The van der Waals surface area contributed by atoms with E-state index in [4.69, 9.17) is 0 Å². The molecular weight excluding hydrogens is 388 g/mol. The summed E-state index contributed by atoms with van der Waals surface area (Å²) in [6, 6.07) is 9.63. The molecule has 0 unspecified atom stereocenters. The Bertz CT molecular complexity index is 994. The summed E-state index contributed by atoms with van der Waals surface area (Å²) in [5, 5.41) is 23.7. The van der Waals surface area contributed by atoms with Crippen molar-refractivity contribution < 1.29 is 15.0 Å². The normalized spacial score (nSPS) is 23.8. The van der Waals surface area contributed by atoms with Gasteiger partial charge in [-0.25, -0.2) is 15.0 Å². The highest BCUT2D eigenvalue weighted by molar-refractivity contribution is 7.13. The first-order chi connectivity index (χ1) is 14.0. The van der Waals surface area contributed by atoms with Crippen LogP contribution in [0.25, 0.3) is 0 Å². The third-order valence-corrected chi connectivity index (χ3v) is 6.21. The number of hydrogen-bond donors (Lipinski definition) is 3. The van der Waals surface area contributed by atoms with Crippen LogP contribution in [0.15, 0.2) is 49.1 Å². The van der Waals surface area contributed by atoms with E-state index in [0.717, 1.165) is 10.4 Å². The van der Waals surface area contributed by atoms with Gasteiger partial charge in [0.15, 0.2) is 5.01 Å². The van der Waals surface area contributed by atoms with Crippen molar-refractivity contribution in [3.8, 4) is 0 Å². The molecule has 4 atom stereocenters. The molecule has 1 fully saturated rings. The maximum Gasteiger partial charge on any atom is 0.226 e. The third kappa shape index (κ3) is 4.19. The minimum absolute atomic E-state index is 0.0389. The summed E-state index contributed by atoms with van der Waals surface area (Å²) < 4.78 is 0. The van der Waals surface area contributed by atoms with Crippen molar-refractivity contribution in [3.05, 3.63) is 70.1 Å². The van der Waals surface area contributed by atoms with Crippen LogP contribution in [0.1, 0.15) is 39.2 Å². The highest BCUT2D eigenvalue weighted by atomic mass is 32.1. The Morgan fingerprint density at radius 3 is 2.69 bits per heavy atom. The van der Waals surface area contributed by atoms with E-state index < -0.39 is 12.2 Å². The highest BCUT2D eigenvalue weighted by Crippen LogP contribution is 2.30. The predicted octanol–water partition coefficient (Wildman–Crippen LogP) is 2.30. The molecule has 0 spiro atoms. The predicted molar refractivity (Wildman–Crippen MR) is 110 cm³/mol. The second-order valence-electron chi connectivity index (χ2n) is 7.35. The summed E-state index contributed by atoms with van der Waals surface area (Å²) in [5.41, 5.74) is 1.46. The van der Waals surface area contributed by atoms with Crippen LogP contribution in [0.2, 0.25) is 0 Å². The smallest absolute Gasteiger partial charge is 0.226 e. The quantitative estimate of drug-likeness (QED) is 0.535. The molecule has 3 aromatic rings. The summed E-state index contributed by atoms with van der Waals surface area (Å²) >= 11 is 1.35. The number of hydrogen-bond acceptors (Lipinski definition) is 8. The van der Waals surface area contributed by atoms with Crippen molar-refractivity contribution in [2.45, 2.75) is 38.0 Å². The first-order valence-electron chi connectivity index (χ1n) is 9.49. The molecule has 2 heterocycles. The lowest BCUT2D eigenvalue weighted by molar-refractivity contribution is 0.0210. The van der Waals surface area contributed by atoms with Crippen LogP contribution in [-0.4, -0.2) is 49.2 Å². The number of aliphatic hydroxyl groups excluding tert-OH is 2. The van der Waals surface area contributed by atoms with Gasteiger partial charge in [-0.1, -0.05) is 37.3 Å². The minimum atomic E-state index is -0.916. The second-order valence-corrected chi connectivity index (χ2v) is 8.47. The maximum atomic E-state index is 13.0. The molecule has 8 heteroatoms. The topological polar surface area (TPSA) is 108 Å². The lowest BCUT2D eigenvalue weighted by Gasteiger charge is -2.19. The van der Waals surface area contributed by atoms with E-state index >= 15 is 0 Å². The summed E-state index contributed by atoms with van der Waals surface area (Å²) in [7, 11) is 0. The Labute approximate surface area is 172 Å². The van der Waals surface area contributed by atoms with E-state index in [0.29, 0.717) is 29.2 Å². The molecule has 7 nitrogen and oxygen atoms in total. The first kappa shape index (κ1) is 19.6. The van der Waals surface area contributed by atoms with Crippen molar-refractivity contribution in [2.24, 2.45) is 5.92 Å². The number of aliphatic hydroxyl groups is 2. The van der Waals surface area contributed by atoms with Crippen LogP contribution in [0.3, 0.4) is 0 Å². The van der Waals surface area contributed by atoms with E-state index in [-0.39, 0.29) is 17.7 Å². The molecule has 0 amide bonds. The Hall–Kier alpha value is -2.68. The van der Waals surface area contributed by atoms with Gasteiger partial charge in [0.25, 0.3) is 0 Å². The van der Waals surface area contributed by atoms with Crippen LogP contribution in [0.5, 0.6) is 0 Å². The van der Waals surface area contributed by atoms with Gasteiger partial charge in [0, 0.05) is 23.7 Å². The standard InChI is InChI=1S/C21H22N4O3S/c1-12-7-16(19(28)17(12)26)25-20-15(10-22-11-24-20)18(27)21-23-9-14(29-21)8-13-5-3-2-4-6-13/h2-6,9-12,16-17,19,26,28H,7-8H2,1H3,(H,22,24,25)/t12-,16-,17-,19+/m1/s1. The second kappa shape index (κ2) is 8.36. The van der Waals surface area contributed by atoms with Crippen molar-refractivity contribution in [1.29, 1.82) is 0 Å². The third-order valence-electron chi connectivity index (χ3n) is 5.22. The van der Waals surface area contributed by atoms with Crippen LogP contribution in [-0.2, 0) is 6.42 Å². The van der Waals surface area contributed by atoms with Gasteiger partial charge in [-0.15, -0.1) is 11.3 Å². The fourth-order valence-electron chi connectivity index (χ4n) is 3.59. The molecule has 0 bridgehead atoms. The number of ketones is 1. The van der Waals surface area contributed by atoms with Crippen molar-refractivity contribution in [3.63, 3.8) is 0 Å². The summed E-state index contributed by atoms with van der Waals surface area (Å²) in [4.78, 5) is 26.5. The molecule has 3 N–H and O–H groups in total. The molecular formula is C21H22N4O3S. The van der Waals surface area contributed by atoms with E-state index in [9.17, 15) is 15.0 Å². The lowest BCUT2D eigenvalue weighted by Crippen LogP contribution is -2.35. The summed E-state index contributed by atoms with van der Waals surface area (Å²) in [6.45, 7) is 1.88. The highest BCUT2D eigenvalue weighted by Gasteiger charge is 2.39. The van der Waals surface area contributed by atoms with Crippen LogP contribution in [0.4, 0.5) is 5.82 Å². The Morgan fingerprint density at radius 1 is 1.17 bits per heavy atom. The maximum absolute atomic E-state index is 13.0. The van der Waals surface area contributed by atoms with Gasteiger partial charge >= 0.3 is 0 Å². The molecule has 1 aliphatic carbocycles. The number of nitrogens with one attached hydrogen (secondary N) is 1. The largest absolute Gasteiger partial charge is 0.390 e. The molecule has 1 aromatic carbocycles. The van der Waals surface area contributed by atoms with E-state index in [1.165, 1.54) is 23.9 Å². The van der Waals surface area contributed by atoms with Gasteiger partial charge in [-0.05, 0) is 17.9 Å². The van der Waals surface area contributed by atoms with Crippen molar-refractivity contribution >= 4 is 22.9 Å². The zero-order chi connectivity index (χ0) is 20.4. The first-order valence-corrected chi connectivity index (χ1v) is 10.3. The Kier molecular flexibility index (Phi) is 5.66. The lowest BCUT2D eigenvalue weighted by atomic mass is 10.1. The fourth-order valence-corrected chi connectivity index (χ4v) is 4.49. The average molecular weight is 410 g/mol. The molecule has 0 saturated heterocycles. The number of nitrogens with zero attached hydrogens (tertiary/aromatic N) is 3. The summed E-state index contributed by atoms with van der Waals surface area (Å²) in [6.07, 6.45) is 4.11. The van der Waals surface area contributed by atoms with E-state index in [1.807, 2.05) is 37.3 Å². The van der Waals surface area contributed by atoms with Crippen molar-refractivity contribution in [1.82, 2.24) is 15.0 Å². The summed E-state index contributed by atoms with van der Waals surface area (Å²) in [5.74, 6) is 0.0386. The van der Waals surface area contributed by atoms with Gasteiger partial charge in [-0.3, -0.25) is 4.79 Å². The van der Waals surface area contributed by atoms with Crippen LogP contribution in [0, 0.1) is 5.92 Å². The van der Waals surface area contributed by atoms with Gasteiger partial charge in [0.2, 0.25) is 5.78 Å². The molecule has 1 aliphatic rings. The van der Waals surface area contributed by atoms with Gasteiger partial charge in [0.05, 0.1) is 17.7 Å². The average Bonchev–Trinajstić information content (AvgIpc) is 3.29. The number of anilines is 1. The van der Waals surface area contributed by atoms with Gasteiger partial charge in [-0.2, -0.15) is 0 Å². The molecule has 1 saturated carbocycles. The monoisotopic (exact) mass is 410 g/mol. The zero-order valence-electron chi connectivity index (χ0n) is 15.9. The molecule has 4 rings (SSSR count). The molecule has 0 aliphatic heterocycles. The number of benzene rings is 1. The van der Waals surface area contributed by atoms with E-state index in [1.54, 1.807) is 6.20 Å². The molecule has 2 aromatic heterocycles. The SMILES string of the molecule is C[C@@H]1C[C@@H](Nc2ncncc2C(=O)c2ncc(Cc3ccccc3)s2)[C@H](O)[C@@H]1O. The fraction of sp³-hybridized carbons (Fsp3) is 0.333. The Morgan fingerprint density at radius 2 is 1.97 bits per heavy atom. The Balaban J connectivity index is 1.53. The van der Waals surface area contributed by atoms with Crippen LogP contribution >= 0.6 is 11.3 Å². The van der Waals surface area contributed by atoms with E-state index in [2.05, 4.69) is 20.3 Å². The number of carbonyl (C=O) groups is 1. The molecule has 29 heavy (non-hydrogen) atoms. The zero-order valence-corrected chi connectivity index (χ0v) is 16.7. The van der Waals surface area contributed by atoms with Gasteiger partial charge < -0.3 is 15.5 Å². The molecule has 0 radical (unpaired) electrons. The minimum Gasteiger partial charge on any atom is -0.390 e. The number of rotatable bonds is 6. The number of aromatic nitrogens is 3. The van der Waals surface area contributed by atoms with Crippen molar-refractivity contribution in [2.75, 3.05) is 5.32 Å². The molecule has 150 valence electrons. The van der Waals surface area contributed by atoms with Crippen LogP contribution < -0.4 is 5.32 Å².